The molecule has 0 aromatic heterocycles. The van der Waals surface area contributed by atoms with E-state index in [9.17, 15) is 9.90 Å². The molecule has 0 spiro atoms. The molecular formula is C15H21IN2O2. The number of likely N-dealkylation sites (tertiary alicyclic amines) is 1. The number of aryl methyl sites for hydroxylation is 1. The van der Waals surface area contributed by atoms with Gasteiger partial charge in [-0.25, -0.2) is 0 Å². The van der Waals surface area contributed by atoms with Gasteiger partial charge in [0.2, 0.25) is 5.91 Å². The third-order valence-corrected chi connectivity index (χ3v) is 4.43. The fourth-order valence-corrected chi connectivity index (χ4v) is 3.00. The number of nitrogens with zero attached hydrogens (tertiary/aromatic N) is 1. The molecule has 0 radical (unpaired) electrons. The predicted octanol–water partition coefficient (Wildman–Crippen LogP) is 2.38. The molecule has 1 heterocycles. The molecule has 20 heavy (non-hydrogen) atoms. The second kappa shape index (κ2) is 6.41. The van der Waals surface area contributed by atoms with Crippen molar-refractivity contribution in [1.29, 1.82) is 0 Å². The van der Waals surface area contributed by atoms with E-state index in [-0.39, 0.29) is 5.91 Å². The molecule has 1 aliphatic heterocycles. The Labute approximate surface area is 133 Å². The maximum absolute atomic E-state index is 12.1. The zero-order valence-corrected chi connectivity index (χ0v) is 14.1. The first kappa shape index (κ1) is 15.7. The van der Waals surface area contributed by atoms with Gasteiger partial charge < -0.3 is 10.4 Å². The van der Waals surface area contributed by atoms with Crippen LogP contribution in [-0.2, 0) is 4.79 Å². The van der Waals surface area contributed by atoms with Gasteiger partial charge in [0.25, 0.3) is 0 Å². The molecule has 5 heteroatoms. The van der Waals surface area contributed by atoms with Crippen molar-refractivity contribution >= 4 is 34.2 Å². The lowest BCUT2D eigenvalue weighted by molar-refractivity contribution is -0.118. The molecule has 1 aliphatic rings. The van der Waals surface area contributed by atoms with E-state index in [0.29, 0.717) is 6.54 Å². The van der Waals surface area contributed by atoms with E-state index in [1.54, 1.807) is 0 Å². The minimum Gasteiger partial charge on any atom is -0.390 e. The monoisotopic (exact) mass is 388 g/mol. The van der Waals surface area contributed by atoms with Crippen LogP contribution in [0.4, 0.5) is 5.69 Å². The number of hydrogen-bond acceptors (Lipinski definition) is 3. The minimum atomic E-state index is -0.570. The highest BCUT2D eigenvalue weighted by Crippen LogP contribution is 2.21. The van der Waals surface area contributed by atoms with Gasteiger partial charge in [0.15, 0.2) is 0 Å². The Bertz CT molecular complexity index is 493. The molecule has 0 bridgehead atoms. The van der Waals surface area contributed by atoms with Crippen LogP contribution in [0, 0.1) is 10.5 Å². The average molecular weight is 388 g/mol. The molecule has 1 fully saturated rings. The van der Waals surface area contributed by atoms with Crippen LogP contribution in [0.3, 0.4) is 0 Å². The summed E-state index contributed by atoms with van der Waals surface area (Å²) in [6.45, 7) is 5.79. The number of carbonyl (C=O) groups excluding carboxylic acids is 1. The number of amides is 1. The van der Waals surface area contributed by atoms with Crippen LogP contribution < -0.4 is 5.32 Å². The smallest absolute Gasteiger partial charge is 0.238 e. The number of halogens is 1. The fourth-order valence-electron chi connectivity index (χ4n) is 2.35. The normalized spacial score (nSPS) is 18.8. The van der Waals surface area contributed by atoms with Crippen LogP contribution in [0.2, 0.25) is 0 Å². The van der Waals surface area contributed by atoms with Crippen LogP contribution in [0.25, 0.3) is 0 Å². The van der Waals surface area contributed by atoms with E-state index >= 15 is 0 Å². The number of anilines is 1. The van der Waals surface area contributed by atoms with Gasteiger partial charge in [-0.3, -0.25) is 9.69 Å². The van der Waals surface area contributed by atoms with E-state index < -0.39 is 5.60 Å². The SMILES string of the molecule is Cc1cc(I)ccc1NC(=O)CN1CCC(C)(O)CC1. The molecule has 0 atom stereocenters. The third kappa shape index (κ3) is 4.43. The fraction of sp³-hybridized carbons (Fsp3) is 0.533. The molecule has 0 unspecified atom stereocenters. The van der Waals surface area contributed by atoms with E-state index in [2.05, 4.69) is 32.8 Å². The van der Waals surface area contributed by atoms with Gasteiger partial charge in [0.05, 0.1) is 12.1 Å². The maximum Gasteiger partial charge on any atom is 0.238 e. The van der Waals surface area contributed by atoms with Crippen molar-refractivity contribution in [2.45, 2.75) is 32.3 Å². The number of benzene rings is 1. The number of nitrogens with one attached hydrogen (secondary N) is 1. The summed E-state index contributed by atoms with van der Waals surface area (Å²) in [6, 6.07) is 5.98. The highest BCUT2D eigenvalue weighted by molar-refractivity contribution is 14.1. The highest BCUT2D eigenvalue weighted by Gasteiger charge is 2.27. The molecule has 1 amide bonds. The van der Waals surface area contributed by atoms with Crippen LogP contribution in [-0.4, -0.2) is 41.1 Å². The molecule has 2 N–H and O–H groups in total. The number of rotatable bonds is 3. The average Bonchev–Trinajstić information content (AvgIpc) is 2.35. The Morgan fingerprint density at radius 3 is 2.70 bits per heavy atom. The molecule has 1 saturated heterocycles. The van der Waals surface area contributed by atoms with Crippen molar-refractivity contribution in [1.82, 2.24) is 4.90 Å². The van der Waals surface area contributed by atoms with Gasteiger partial charge in [-0.05, 0) is 73.0 Å². The van der Waals surface area contributed by atoms with Crippen molar-refractivity contribution < 1.29 is 9.90 Å². The molecule has 2 rings (SSSR count). The predicted molar refractivity (Wildman–Crippen MR) is 88.8 cm³/mol. The van der Waals surface area contributed by atoms with Crippen LogP contribution in [0.5, 0.6) is 0 Å². The summed E-state index contributed by atoms with van der Waals surface area (Å²) in [5, 5.41) is 12.9. The van der Waals surface area contributed by atoms with Gasteiger partial charge in [-0.1, -0.05) is 0 Å². The number of carbonyl (C=O) groups is 1. The lowest BCUT2D eigenvalue weighted by Gasteiger charge is -2.35. The molecule has 110 valence electrons. The van der Waals surface area contributed by atoms with Crippen molar-refractivity contribution in [2.75, 3.05) is 25.0 Å². The Hall–Kier alpha value is -0.660. The molecule has 0 saturated carbocycles. The van der Waals surface area contributed by atoms with Crippen molar-refractivity contribution in [3.8, 4) is 0 Å². The highest BCUT2D eigenvalue weighted by atomic mass is 127. The van der Waals surface area contributed by atoms with Gasteiger partial charge in [-0.15, -0.1) is 0 Å². The first-order valence-electron chi connectivity index (χ1n) is 6.86. The van der Waals surface area contributed by atoms with E-state index in [1.807, 2.05) is 32.0 Å². The van der Waals surface area contributed by atoms with Gasteiger partial charge >= 0.3 is 0 Å². The van der Waals surface area contributed by atoms with Gasteiger partial charge in [0, 0.05) is 22.3 Å². The van der Waals surface area contributed by atoms with Gasteiger partial charge in [-0.2, -0.15) is 0 Å². The standard InChI is InChI=1S/C15H21IN2O2/c1-11-9-12(16)3-4-13(11)17-14(19)10-18-7-5-15(2,20)6-8-18/h3-4,9,20H,5-8,10H2,1-2H3,(H,17,19). The Balaban J connectivity index is 1.87. The molecular weight excluding hydrogens is 367 g/mol. The Morgan fingerprint density at radius 2 is 2.10 bits per heavy atom. The summed E-state index contributed by atoms with van der Waals surface area (Å²) in [5.74, 6) is 0.0100. The van der Waals surface area contributed by atoms with E-state index in [1.165, 1.54) is 0 Å². The molecule has 1 aromatic rings. The summed E-state index contributed by atoms with van der Waals surface area (Å²) >= 11 is 2.26. The largest absolute Gasteiger partial charge is 0.390 e. The Kier molecular flexibility index (Phi) is 5.04. The van der Waals surface area contributed by atoms with Crippen molar-refractivity contribution in [2.24, 2.45) is 0 Å². The second-order valence-corrected chi connectivity index (χ2v) is 7.03. The summed E-state index contributed by atoms with van der Waals surface area (Å²) < 4.78 is 1.16. The lowest BCUT2D eigenvalue weighted by Crippen LogP contribution is -2.45. The number of aliphatic hydroxyl groups is 1. The van der Waals surface area contributed by atoms with E-state index in [0.717, 1.165) is 40.8 Å². The van der Waals surface area contributed by atoms with Crippen molar-refractivity contribution in [3.63, 3.8) is 0 Å². The topological polar surface area (TPSA) is 52.6 Å². The van der Waals surface area contributed by atoms with Crippen LogP contribution in [0.1, 0.15) is 25.3 Å². The summed E-state index contributed by atoms with van der Waals surface area (Å²) in [7, 11) is 0. The molecule has 4 nitrogen and oxygen atoms in total. The second-order valence-electron chi connectivity index (χ2n) is 5.78. The van der Waals surface area contributed by atoms with E-state index in [4.69, 9.17) is 0 Å². The summed E-state index contributed by atoms with van der Waals surface area (Å²) in [6.07, 6.45) is 1.45. The third-order valence-electron chi connectivity index (χ3n) is 3.76. The van der Waals surface area contributed by atoms with Gasteiger partial charge in [0.1, 0.15) is 0 Å². The number of piperidine rings is 1. The lowest BCUT2D eigenvalue weighted by atomic mass is 9.94. The minimum absolute atomic E-state index is 0.0100. The Morgan fingerprint density at radius 1 is 1.45 bits per heavy atom. The zero-order valence-electron chi connectivity index (χ0n) is 11.9. The first-order valence-corrected chi connectivity index (χ1v) is 7.94. The zero-order chi connectivity index (χ0) is 14.8. The first-order chi connectivity index (χ1) is 9.35. The quantitative estimate of drug-likeness (QED) is 0.782. The molecule has 1 aromatic carbocycles. The van der Waals surface area contributed by atoms with Crippen LogP contribution in [0.15, 0.2) is 18.2 Å². The van der Waals surface area contributed by atoms with Crippen LogP contribution >= 0.6 is 22.6 Å². The summed E-state index contributed by atoms with van der Waals surface area (Å²) in [5.41, 5.74) is 1.38. The number of hydrogen-bond donors (Lipinski definition) is 2. The molecule has 0 aliphatic carbocycles. The van der Waals surface area contributed by atoms with Crippen molar-refractivity contribution in [3.05, 3.63) is 27.3 Å². The maximum atomic E-state index is 12.1. The summed E-state index contributed by atoms with van der Waals surface area (Å²) in [4.78, 5) is 14.2.